The SMILES string of the molecule is NC(=O)Cn1nc(-c2ccc(N3CCC4COCC3CO4)nc2)ccc1=O.[HH]. The van der Waals surface area contributed by atoms with Crippen LogP contribution in [0.2, 0.25) is 0 Å². The van der Waals surface area contributed by atoms with Crippen molar-refractivity contribution in [2.45, 2.75) is 25.1 Å². The molecular weight excluding hydrogens is 350 g/mol. The summed E-state index contributed by atoms with van der Waals surface area (Å²) < 4.78 is 12.6. The lowest BCUT2D eigenvalue weighted by molar-refractivity contribution is -0.118. The lowest BCUT2D eigenvalue weighted by Crippen LogP contribution is -2.42. The van der Waals surface area contributed by atoms with Crippen molar-refractivity contribution in [2.24, 2.45) is 5.73 Å². The van der Waals surface area contributed by atoms with E-state index in [0.717, 1.165) is 29.0 Å². The molecule has 0 radical (unpaired) electrons. The van der Waals surface area contributed by atoms with Gasteiger partial charge in [0, 0.05) is 25.8 Å². The molecule has 27 heavy (non-hydrogen) atoms. The molecule has 0 saturated carbocycles. The van der Waals surface area contributed by atoms with Crippen LogP contribution in [0, 0.1) is 0 Å². The second kappa shape index (κ2) is 7.45. The topological polar surface area (TPSA) is 113 Å². The highest BCUT2D eigenvalue weighted by atomic mass is 16.5. The van der Waals surface area contributed by atoms with Gasteiger partial charge in [-0.1, -0.05) is 0 Å². The van der Waals surface area contributed by atoms with Crippen LogP contribution in [-0.4, -0.2) is 59.2 Å². The van der Waals surface area contributed by atoms with Crippen molar-refractivity contribution in [1.29, 1.82) is 0 Å². The Morgan fingerprint density at radius 2 is 2.15 bits per heavy atom. The molecule has 4 heterocycles. The number of carbonyl (C=O) groups is 1. The summed E-state index contributed by atoms with van der Waals surface area (Å²) in [5.41, 5.74) is 6.09. The zero-order valence-corrected chi connectivity index (χ0v) is 14.8. The Hall–Kier alpha value is -2.78. The maximum atomic E-state index is 11.8. The molecule has 2 fully saturated rings. The molecule has 2 aliphatic rings. The quantitative estimate of drug-likeness (QED) is 0.804. The van der Waals surface area contributed by atoms with Crippen molar-refractivity contribution >= 4 is 11.7 Å². The fourth-order valence-electron chi connectivity index (χ4n) is 3.36. The van der Waals surface area contributed by atoms with E-state index in [4.69, 9.17) is 15.2 Å². The van der Waals surface area contributed by atoms with Crippen molar-refractivity contribution in [3.8, 4) is 11.3 Å². The van der Waals surface area contributed by atoms with Gasteiger partial charge in [-0.25, -0.2) is 9.67 Å². The van der Waals surface area contributed by atoms with Gasteiger partial charge in [0.05, 0.1) is 37.7 Å². The molecule has 4 rings (SSSR count). The fourth-order valence-corrected chi connectivity index (χ4v) is 3.36. The van der Waals surface area contributed by atoms with Gasteiger partial charge in [-0.05, 0) is 24.6 Å². The third-order valence-electron chi connectivity index (χ3n) is 4.78. The molecule has 2 atom stereocenters. The molecule has 2 aliphatic heterocycles. The largest absolute Gasteiger partial charge is 0.377 e. The second-order valence-corrected chi connectivity index (χ2v) is 6.71. The van der Waals surface area contributed by atoms with E-state index in [1.807, 2.05) is 12.1 Å². The minimum atomic E-state index is -0.619. The van der Waals surface area contributed by atoms with E-state index in [9.17, 15) is 9.59 Å². The molecular formula is C18H23N5O4. The molecule has 1 amide bonds. The number of aromatic nitrogens is 3. The third-order valence-corrected chi connectivity index (χ3v) is 4.78. The number of anilines is 1. The van der Waals surface area contributed by atoms with Crippen LogP contribution in [0.15, 0.2) is 35.3 Å². The molecule has 144 valence electrons. The predicted octanol–water partition coefficient (Wildman–Crippen LogP) is 0.0307. The fraction of sp³-hybridized carbons (Fsp3) is 0.444. The van der Waals surface area contributed by atoms with Crippen LogP contribution in [0.25, 0.3) is 11.3 Å². The molecule has 2 aromatic rings. The smallest absolute Gasteiger partial charge is 0.267 e. The summed E-state index contributed by atoms with van der Waals surface area (Å²) in [6.45, 7) is 2.53. The maximum Gasteiger partial charge on any atom is 0.267 e. The van der Waals surface area contributed by atoms with Crippen LogP contribution in [0.4, 0.5) is 5.82 Å². The number of hydrogen-bond donors (Lipinski definition) is 1. The van der Waals surface area contributed by atoms with Crippen molar-refractivity contribution in [1.82, 2.24) is 14.8 Å². The van der Waals surface area contributed by atoms with Crippen LogP contribution in [0.5, 0.6) is 0 Å². The first-order valence-corrected chi connectivity index (χ1v) is 8.89. The molecule has 2 N–H and O–H groups in total. The molecule has 0 aromatic carbocycles. The van der Waals surface area contributed by atoms with E-state index < -0.39 is 5.91 Å². The van der Waals surface area contributed by atoms with E-state index in [-0.39, 0.29) is 25.7 Å². The Balaban J connectivity index is 0.00000225. The predicted molar refractivity (Wildman–Crippen MR) is 99.3 cm³/mol. The maximum absolute atomic E-state index is 11.8. The number of nitrogens with two attached hydrogens (primary N) is 1. The first kappa shape index (κ1) is 17.6. The Kier molecular flexibility index (Phi) is 4.87. The average molecular weight is 373 g/mol. The first-order chi connectivity index (χ1) is 13.1. The lowest BCUT2D eigenvalue weighted by Gasteiger charge is -2.30. The summed E-state index contributed by atoms with van der Waals surface area (Å²) in [6, 6.07) is 6.94. The van der Waals surface area contributed by atoms with Gasteiger partial charge >= 0.3 is 0 Å². The normalized spacial score (nSPS) is 22.3. The molecule has 2 aromatic heterocycles. The van der Waals surface area contributed by atoms with Crippen molar-refractivity contribution in [2.75, 3.05) is 31.3 Å². The molecule has 0 aliphatic carbocycles. The Morgan fingerprint density at radius 1 is 1.26 bits per heavy atom. The summed E-state index contributed by atoms with van der Waals surface area (Å²) >= 11 is 0. The Bertz CT molecular complexity index is 888. The first-order valence-electron chi connectivity index (χ1n) is 8.89. The number of primary amides is 1. The number of pyridine rings is 1. The van der Waals surface area contributed by atoms with E-state index >= 15 is 0 Å². The molecule has 9 heteroatoms. The highest BCUT2D eigenvalue weighted by molar-refractivity contribution is 5.73. The van der Waals surface area contributed by atoms with Gasteiger partial charge < -0.3 is 20.1 Å². The van der Waals surface area contributed by atoms with Gasteiger partial charge in [0.25, 0.3) is 5.56 Å². The summed E-state index contributed by atoms with van der Waals surface area (Å²) in [5.74, 6) is 0.232. The number of amides is 1. The Labute approximate surface area is 157 Å². The number of hydrogen-bond acceptors (Lipinski definition) is 7. The van der Waals surface area contributed by atoms with Gasteiger partial charge in [-0.2, -0.15) is 5.10 Å². The highest BCUT2D eigenvalue weighted by Crippen LogP contribution is 2.24. The van der Waals surface area contributed by atoms with Gasteiger partial charge in [0.1, 0.15) is 12.4 Å². The highest BCUT2D eigenvalue weighted by Gasteiger charge is 2.30. The zero-order valence-electron chi connectivity index (χ0n) is 14.8. The zero-order chi connectivity index (χ0) is 18.8. The van der Waals surface area contributed by atoms with E-state index in [0.29, 0.717) is 25.5 Å². The van der Waals surface area contributed by atoms with Crippen LogP contribution >= 0.6 is 0 Å². The second-order valence-electron chi connectivity index (χ2n) is 6.71. The van der Waals surface area contributed by atoms with Crippen molar-refractivity contribution in [3.63, 3.8) is 0 Å². The van der Waals surface area contributed by atoms with Crippen molar-refractivity contribution in [3.05, 3.63) is 40.8 Å². The summed E-state index contributed by atoms with van der Waals surface area (Å²) in [5, 5.41) is 4.20. The minimum Gasteiger partial charge on any atom is -0.377 e. The standard InChI is InChI=1S/C18H21N5O4.H2/c19-16(24)8-23-18(25)4-2-15(21-23)12-1-3-17(20-7-12)22-6-5-14-11-26-9-13(22)10-27-14;/h1-4,7,13-14H,5-6,8-11H2,(H2,19,24);1H. The summed E-state index contributed by atoms with van der Waals surface area (Å²) in [7, 11) is 0. The number of nitrogens with zero attached hydrogens (tertiary/aromatic N) is 4. The molecule has 2 bridgehead atoms. The number of rotatable bonds is 4. The van der Waals surface area contributed by atoms with Crippen LogP contribution < -0.4 is 16.2 Å². The number of carbonyl (C=O) groups excluding carboxylic acids is 1. The number of ether oxygens (including phenoxy) is 2. The monoisotopic (exact) mass is 373 g/mol. The molecule has 2 unspecified atom stereocenters. The van der Waals surface area contributed by atoms with E-state index in [1.165, 1.54) is 6.07 Å². The molecule has 2 saturated heterocycles. The van der Waals surface area contributed by atoms with Gasteiger partial charge in [0.15, 0.2) is 0 Å². The number of fused-ring (bicyclic) bond motifs is 3. The van der Waals surface area contributed by atoms with Gasteiger partial charge in [0.2, 0.25) is 5.91 Å². The molecule has 9 nitrogen and oxygen atoms in total. The lowest BCUT2D eigenvalue weighted by atomic mass is 10.1. The minimum absolute atomic E-state index is 0. The van der Waals surface area contributed by atoms with Crippen LogP contribution in [0.1, 0.15) is 7.85 Å². The van der Waals surface area contributed by atoms with Crippen LogP contribution in [0.3, 0.4) is 0 Å². The summed E-state index contributed by atoms with van der Waals surface area (Å²) in [6.07, 6.45) is 2.76. The van der Waals surface area contributed by atoms with E-state index in [1.54, 1.807) is 12.3 Å². The summed E-state index contributed by atoms with van der Waals surface area (Å²) in [4.78, 5) is 29.7. The van der Waals surface area contributed by atoms with Crippen molar-refractivity contribution < 1.29 is 15.7 Å². The van der Waals surface area contributed by atoms with Gasteiger partial charge in [-0.3, -0.25) is 9.59 Å². The van der Waals surface area contributed by atoms with Crippen LogP contribution in [-0.2, 0) is 20.8 Å². The Morgan fingerprint density at radius 3 is 2.93 bits per heavy atom. The molecule has 0 spiro atoms. The third kappa shape index (κ3) is 3.83. The average Bonchev–Trinajstić information content (AvgIpc) is 3.00. The van der Waals surface area contributed by atoms with E-state index in [2.05, 4.69) is 15.0 Å². The van der Waals surface area contributed by atoms with Gasteiger partial charge in [-0.15, -0.1) is 0 Å².